The second-order valence-corrected chi connectivity index (χ2v) is 7.33. The molecule has 6 heteroatoms. The molecule has 1 amide bonds. The number of carbonyl (C=O) groups excluding carboxylic acids is 1. The third-order valence-corrected chi connectivity index (χ3v) is 5.47. The minimum Gasteiger partial charge on any atom is -0.352 e. The molecule has 0 spiro atoms. The van der Waals surface area contributed by atoms with Crippen LogP contribution in [0.3, 0.4) is 0 Å². The average molecular weight is 394 g/mol. The number of fused-ring (bicyclic) bond motifs is 1. The van der Waals surface area contributed by atoms with E-state index in [2.05, 4.69) is 15.3 Å². The first-order chi connectivity index (χ1) is 13.2. The standard InChI is InChI=1S/C21H16ClN3OS/c22-18-7-3-1-6-17(18)21-25-15(13-27-21)11-20(26)24-12-14-9-10-23-19-8-4-2-5-16(14)19/h1-10,13H,11-12H2,(H,24,26). The first kappa shape index (κ1) is 17.6. The van der Waals surface area contributed by atoms with E-state index in [9.17, 15) is 4.79 Å². The van der Waals surface area contributed by atoms with Crippen molar-refractivity contribution in [2.75, 3.05) is 0 Å². The number of benzene rings is 2. The molecular formula is C21H16ClN3OS. The minimum absolute atomic E-state index is 0.0631. The van der Waals surface area contributed by atoms with Crippen LogP contribution in [0.5, 0.6) is 0 Å². The Kier molecular flexibility index (Phi) is 5.14. The van der Waals surface area contributed by atoms with Gasteiger partial charge in [0.1, 0.15) is 5.01 Å². The maximum absolute atomic E-state index is 12.3. The summed E-state index contributed by atoms with van der Waals surface area (Å²) in [5.41, 5.74) is 3.60. The third kappa shape index (κ3) is 3.99. The van der Waals surface area contributed by atoms with E-state index in [1.54, 1.807) is 6.20 Å². The van der Waals surface area contributed by atoms with Gasteiger partial charge < -0.3 is 5.32 Å². The van der Waals surface area contributed by atoms with Crippen molar-refractivity contribution in [3.05, 3.63) is 82.5 Å². The van der Waals surface area contributed by atoms with Gasteiger partial charge in [-0.25, -0.2) is 4.98 Å². The number of amides is 1. The summed E-state index contributed by atoms with van der Waals surface area (Å²) in [6, 6.07) is 17.4. The number of carbonyl (C=O) groups is 1. The van der Waals surface area contributed by atoms with Crippen LogP contribution in [0, 0.1) is 0 Å². The summed E-state index contributed by atoms with van der Waals surface area (Å²) in [6.45, 7) is 0.462. The maximum Gasteiger partial charge on any atom is 0.226 e. The molecule has 4 aromatic rings. The lowest BCUT2D eigenvalue weighted by atomic mass is 10.1. The predicted octanol–water partition coefficient (Wildman–Crippen LogP) is 4.87. The molecule has 0 fully saturated rings. The van der Waals surface area contributed by atoms with Crippen molar-refractivity contribution in [1.29, 1.82) is 0 Å². The highest BCUT2D eigenvalue weighted by Gasteiger charge is 2.11. The number of hydrogen-bond acceptors (Lipinski definition) is 4. The van der Waals surface area contributed by atoms with E-state index in [1.807, 2.05) is 60.0 Å². The molecule has 134 valence electrons. The lowest BCUT2D eigenvalue weighted by Gasteiger charge is -2.07. The van der Waals surface area contributed by atoms with Crippen LogP contribution in [-0.4, -0.2) is 15.9 Å². The molecule has 2 heterocycles. The number of rotatable bonds is 5. The molecule has 4 nitrogen and oxygen atoms in total. The van der Waals surface area contributed by atoms with Gasteiger partial charge >= 0.3 is 0 Å². The zero-order chi connectivity index (χ0) is 18.6. The molecule has 0 aliphatic carbocycles. The predicted molar refractivity (Wildman–Crippen MR) is 110 cm³/mol. The van der Waals surface area contributed by atoms with Crippen LogP contribution in [0.15, 0.2) is 66.2 Å². The number of hydrogen-bond donors (Lipinski definition) is 1. The SMILES string of the molecule is O=C(Cc1csc(-c2ccccc2Cl)n1)NCc1ccnc2ccccc12. The molecule has 0 unspecified atom stereocenters. The van der Waals surface area contributed by atoms with Crippen molar-refractivity contribution < 1.29 is 4.79 Å². The smallest absolute Gasteiger partial charge is 0.226 e. The molecule has 0 saturated heterocycles. The Morgan fingerprint density at radius 2 is 1.89 bits per heavy atom. The summed E-state index contributed by atoms with van der Waals surface area (Å²) in [6.07, 6.45) is 2.00. The molecule has 0 atom stereocenters. The zero-order valence-corrected chi connectivity index (χ0v) is 15.9. The van der Waals surface area contributed by atoms with E-state index in [0.29, 0.717) is 11.6 Å². The Hall–Kier alpha value is -2.76. The number of pyridine rings is 1. The molecular weight excluding hydrogens is 378 g/mol. The van der Waals surface area contributed by atoms with Gasteiger partial charge in [-0.3, -0.25) is 9.78 Å². The van der Waals surface area contributed by atoms with Gasteiger partial charge in [-0.2, -0.15) is 0 Å². The Morgan fingerprint density at radius 1 is 1.07 bits per heavy atom. The lowest BCUT2D eigenvalue weighted by molar-refractivity contribution is -0.120. The van der Waals surface area contributed by atoms with Crippen molar-refractivity contribution in [2.45, 2.75) is 13.0 Å². The number of nitrogens with one attached hydrogen (secondary N) is 1. The highest BCUT2D eigenvalue weighted by molar-refractivity contribution is 7.13. The maximum atomic E-state index is 12.3. The van der Waals surface area contributed by atoms with Gasteiger partial charge in [-0.15, -0.1) is 11.3 Å². The first-order valence-electron chi connectivity index (χ1n) is 8.49. The van der Waals surface area contributed by atoms with Gasteiger partial charge in [0.25, 0.3) is 0 Å². The number of para-hydroxylation sites is 1. The van der Waals surface area contributed by atoms with Crippen LogP contribution in [0.25, 0.3) is 21.5 Å². The van der Waals surface area contributed by atoms with Gasteiger partial charge in [-0.05, 0) is 23.8 Å². The average Bonchev–Trinajstić information content (AvgIpc) is 3.15. The first-order valence-corrected chi connectivity index (χ1v) is 9.75. The van der Waals surface area contributed by atoms with Gasteiger partial charge in [-0.1, -0.05) is 48.0 Å². The fourth-order valence-corrected chi connectivity index (χ4v) is 4.02. The van der Waals surface area contributed by atoms with Crippen LogP contribution < -0.4 is 5.32 Å². The summed E-state index contributed by atoms with van der Waals surface area (Å²) in [7, 11) is 0. The van der Waals surface area contributed by atoms with Crippen molar-refractivity contribution in [3.63, 3.8) is 0 Å². The van der Waals surface area contributed by atoms with E-state index < -0.39 is 0 Å². The number of nitrogens with zero attached hydrogens (tertiary/aromatic N) is 2. The zero-order valence-electron chi connectivity index (χ0n) is 14.4. The molecule has 1 N–H and O–H groups in total. The molecule has 0 aliphatic rings. The fraction of sp³-hybridized carbons (Fsp3) is 0.0952. The lowest BCUT2D eigenvalue weighted by Crippen LogP contribution is -2.24. The molecule has 0 radical (unpaired) electrons. The second-order valence-electron chi connectivity index (χ2n) is 6.06. The van der Waals surface area contributed by atoms with E-state index in [1.165, 1.54) is 11.3 Å². The molecule has 0 bridgehead atoms. The molecule has 2 aromatic heterocycles. The van der Waals surface area contributed by atoms with E-state index in [0.717, 1.165) is 32.7 Å². The highest BCUT2D eigenvalue weighted by atomic mass is 35.5. The highest BCUT2D eigenvalue weighted by Crippen LogP contribution is 2.30. The molecule has 0 saturated carbocycles. The van der Waals surface area contributed by atoms with Gasteiger partial charge in [0.2, 0.25) is 5.91 Å². The summed E-state index contributed by atoms with van der Waals surface area (Å²) in [5, 5.41) is 7.41. The minimum atomic E-state index is -0.0631. The Labute approximate surface area is 165 Å². The van der Waals surface area contributed by atoms with Crippen molar-refractivity contribution in [3.8, 4) is 10.6 Å². The van der Waals surface area contributed by atoms with Gasteiger partial charge in [0.05, 0.1) is 22.7 Å². The van der Waals surface area contributed by atoms with E-state index in [4.69, 9.17) is 11.6 Å². The normalized spacial score (nSPS) is 10.9. The summed E-state index contributed by atoms with van der Waals surface area (Å²) in [5.74, 6) is -0.0631. The van der Waals surface area contributed by atoms with Crippen LogP contribution in [-0.2, 0) is 17.8 Å². The van der Waals surface area contributed by atoms with E-state index in [-0.39, 0.29) is 12.3 Å². The van der Waals surface area contributed by atoms with Gasteiger partial charge in [0.15, 0.2) is 0 Å². The quantitative estimate of drug-likeness (QED) is 0.526. The van der Waals surface area contributed by atoms with Crippen LogP contribution >= 0.6 is 22.9 Å². The Morgan fingerprint density at radius 3 is 2.78 bits per heavy atom. The fourth-order valence-electron chi connectivity index (χ4n) is 2.88. The van der Waals surface area contributed by atoms with Crippen LogP contribution in [0.2, 0.25) is 5.02 Å². The second kappa shape index (κ2) is 7.86. The Bertz CT molecular complexity index is 1100. The summed E-state index contributed by atoms with van der Waals surface area (Å²) >= 11 is 7.71. The largest absolute Gasteiger partial charge is 0.352 e. The summed E-state index contributed by atoms with van der Waals surface area (Å²) in [4.78, 5) is 21.2. The number of halogens is 1. The van der Waals surface area contributed by atoms with Gasteiger partial charge in [0, 0.05) is 29.1 Å². The Balaban J connectivity index is 1.42. The topological polar surface area (TPSA) is 54.9 Å². The molecule has 27 heavy (non-hydrogen) atoms. The van der Waals surface area contributed by atoms with E-state index >= 15 is 0 Å². The molecule has 2 aromatic carbocycles. The van der Waals surface area contributed by atoms with Crippen molar-refractivity contribution in [1.82, 2.24) is 15.3 Å². The molecule has 4 rings (SSSR count). The summed E-state index contributed by atoms with van der Waals surface area (Å²) < 4.78 is 0. The van der Waals surface area contributed by atoms with Crippen LogP contribution in [0.1, 0.15) is 11.3 Å². The molecule has 0 aliphatic heterocycles. The monoisotopic (exact) mass is 393 g/mol. The van der Waals surface area contributed by atoms with Crippen LogP contribution in [0.4, 0.5) is 0 Å². The van der Waals surface area contributed by atoms with Crippen molar-refractivity contribution >= 4 is 39.7 Å². The number of thiazole rings is 1. The third-order valence-electron chi connectivity index (χ3n) is 4.21. The van der Waals surface area contributed by atoms with Crippen molar-refractivity contribution in [2.24, 2.45) is 0 Å². The number of aromatic nitrogens is 2.